The molecular formula is C26H31NO4S2. The van der Waals surface area contributed by atoms with Crippen LogP contribution in [0.2, 0.25) is 0 Å². The van der Waals surface area contributed by atoms with Gasteiger partial charge in [0, 0.05) is 18.5 Å². The standard InChI is InChI=1S/C26H31NO4S2/c1-6-27-24(28)22(33-25(27)32)17-18-9-7-10-21(29-5)23(18)31-16-8-15-30-20-13-11-19(12-14-20)26(2,3)4/h7,9-14,17H,6,8,15-16H2,1-5H3/b22-17-. The Morgan fingerprint density at radius 1 is 1.06 bits per heavy atom. The summed E-state index contributed by atoms with van der Waals surface area (Å²) in [5.74, 6) is 2.00. The van der Waals surface area contributed by atoms with E-state index in [0.717, 1.165) is 11.3 Å². The zero-order valence-electron chi connectivity index (χ0n) is 19.8. The molecule has 0 atom stereocenters. The van der Waals surface area contributed by atoms with E-state index < -0.39 is 0 Å². The number of para-hydroxylation sites is 1. The van der Waals surface area contributed by atoms with Gasteiger partial charge in [0.15, 0.2) is 11.5 Å². The molecule has 1 fully saturated rings. The van der Waals surface area contributed by atoms with Crippen molar-refractivity contribution in [1.29, 1.82) is 0 Å². The van der Waals surface area contributed by atoms with Gasteiger partial charge in [-0.2, -0.15) is 0 Å². The van der Waals surface area contributed by atoms with Crippen molar-refractivity contribution in [3.8, 4) is 17.2 Å². The lowest BCUT2D eigenvalue weighted by molar-refractivity contribution is -0.121. The number of thiocarbonyl (C=S) groups is 1. The van der Waals surface area contributed by atoms with E-state index in [4.69, 9.17) is 26.4 Å². The number of carbonyl (C=O) groups excluding carboxylic acids is 1. The number of amides is 1. The molecular weight excluding hydrogens is 454 g/mol. The first kappa shape index (κ1) is 25.1. The van der Waals surface area contributed by atoms with Crippen LogP contribution in [0.25, 0.3) is 6.08 Å². The first-order chi connectivity index (χ1) is 15.7. The minimum atomic E-state index is -0.0767. The highest BCUT2D eigenvalue weighted by molar-refractivity contribution is 8.26. The largest absolute Gasteiger partial charge is 0.493 e. The van der Waals surface area contributed by atoms with E-state index in [1.54, 1.807) is 12.0 Å². The SMILES string of the molecule is CCN1C(=O)/C(=C/c2cccc(OC)c2OCCCOc2ccc(C(C)(C)C)cc2)SC1=S. The molecule has 1 aliphatic heterocycles. The van der Waals surface area contributed by atoms with Gasteiger partial charge in [-0.1, -0.05) is 69.0 Å². The average molecular weight is 486 g/mol. The van der Waals surface area contributed by atoms with Crippen LogP contribution in [0.3, 0.4) is 0 Å². The first-order valence-electron chi connectivity index (χ1n) is 11.0. The summed E-state index contributed by atoms with van der Waals surface area (Å²) < 4.78 is 18.0. The third-order valence-corrected chi connectivity index (χ3v) is 6.61. The van der Waals surface area contributed by atoms with Crippen molar-refractivity contribution in [3.63, 3.8) is 0 Å². The van der Waals surface area contributed by atoms with Gasteiger partial charge < -0.3 is 14.2 Å². The van der Waals surface area contributed by atoms with Crippen LogP contribution in [0.5, 0.6) is 17.2 Å². The number of nitrogens with zero attached hydrogens (tertiary/aromatic N) is 1. The summed E-state index contributed by atoms with van der Waals surface area (Å²) in [5.41, 5.74) is 2.18. The Labute approximate surface area is 206 Å². The van der Waals surface area contributed by atoms with Crippen molar-refractivity contribution < 1.29 is 19.0 Å². The van der Waals surface area contributed by atoms with Gasteiger partial charge in [-0.05, 0) is 42.2 Å². The highest BCUT2D eigenvalue weighted by atomic mass is 32.2. The van der Waals surface area contributed by atoms with Crippen LogP contribution in [0, 0.1) is 0 Å². The number of benzene rings is 2. The minimum absolute atomic E-state index is 0.0767. The lowest BCUT2D eigenvalue weighted by atomic mass is 9.87. The smallest absolute Gasteiger partial charge is 0.266 e. The van der Waals surface area contributed by atoms with Crippen LogP contribution in [0.1, 0.15) is 45.2 Å². The topological polar surface area (TPSA) is 48.0 Å². The Balaban J connectivity index is 1.61. The summed E-state index contributed by atoms with van der Waals surface area (Å²) in [5, 5.41) is 0. The number of hydrogen-bond acceptors (Lipinski definition) is 6. The molecule has 1 saturated heterocycles. The van der Waals surface area contributed by atoms with Crippen molar-refractivity contribution in [1.82, 2.24) is 4.90 Å². The molecule has 2 aromatic carbocycles. The quantitative estimate of drug-likeness (QED) is 0.244. The lowest BCUT2D eigenvalue weighted by Crippen LogP contribution is -2.27. The van der Waals surface area contributed by atoms with Crippen molar-refractivity contribution in [2.24, 2.45) is 0 Å². The van der Waals surface area contributed by atoms with E-state index in [2.05, 4.69) is 32.9 Å². The van der Waals surface area contributed by atoms with Crippen molar-refractivity contribution in [2.45, 2.75) is 39.5 Å². The Hall–Kier alpha value is -2.51. The van der Waals surface area contributed by atoms with Crippen LogP contribution in [0.4, 0.5) is 0 Å². The summed E-state index contributed by atoms with van der Waals surface area (Å²) in [6.07, 6.45) is 2.52. The zero-order chi connectivity index (χ0) is 24.0. The molecule has 1 heterocycles. The van der Waals surface area contributed by atoms with E-state index in [1.807, 2.05) is 43.3 Å². The summed E-state index contributed by atoms with van der Waals surface area (Å²) in [6, 6.07) is 13.9. The van der Waals surface area contributed by atoms with Gasteiger partial charge in [-0.15, -0.1) is 0 Å². The van der Waals surface area contributed by atoms with Gasteiger partial charge >= 0.3 is 0 Å². The molecule has 0 N–H and O–H groups in total. The average Bonchev–Trinajstić information content (AvgIpc) is 3.05. The molecule has 1 amide bonds. The van der Waals surface area contributed by atoms with Crippen LogP contribution >= 0.6 is 24.0 Å². The molecule has 3 rings (SSSR count). The lowest BCUT2D eigenvalue weighted by Gasteiger charge is -2.19. The van der Waals surface area contributed by atoms with Crippen LogP contribution in [-0.2, 0) is 10.2 Å². The molecule has 0 spiro atoms. The van der Waals surface area contributed by atoms with E-state index in [1.165, 1.54) is 17.3 Å². The molecule has 176 valence electrons. The number of rotatable bonds is 9. The molecule has 0 aromatic heterocycles. The molecule has 0 saturated carbocycles. The zero-order valence-corrected chi connectivity index (χ0v) is 21.5. The molecule has 0 aliphatic carbocycles. The molecule has 5 nitrogen and oxygen atoms in total. The predicted octanol–water partition coefficient (Wildman–Crippen LogP) is 6.06. The normalized spacial score (nSPS) is 15.3. The van der Waals surface area contributed by atoms with Gasteiger partial charge in [-0.3, -0.25) is 9.69 Å². The molecule has 33 heavy (non-hydrogen) atoms. The number of carbonyl (C=O) groups is 1. The second-order valence-electron chi connectivity index (χ2n) is 8.63. The van der Waals surface area contributed by atoms with Gasteiger partial charge in [0.1, 0.15) is 10.1 Å². The van der Waals surface area contributed by atoms with E-state index in [0.29, 0.717) is 46.9 Å². The number of likely N-dealkylation sites (N-methyl/N-ethyl adjacent to an activating group) is 1. The second-order valence-corrected chi connectivity index (χ2v) is 10.3. The molecule has 1 aliphatic rings. The fourth-order valence-corrected chi connectivity index (χ4v) is 4.72. The first-order valence-corrected chi connectivity index (χ1v) is 12.3. The molecule has 0 radical (unpaired) electrons. The minimum Gasteiger partial charge on any atom is -0.493 e. The highest BCUT2D eigenvalue weighted by Gasteiger charge is 2.31. The van der Waals surface area contributed by atoms with E-state index in [9.17, 15) is 4.79 Å². The number of ether oxygens (including phenoxy) is 3. The Bertz CT molecular complexity index is 1030. The molecule has 0 unspecified atom stereocenters. The summed E-state index contributed by atoms with van der Waals surface area (Å²) in [7, 11) is 1.60. The summed E-state index contributed by atoms with van der Waals surface area (Å²) in [4.78, 5) is 14.8. The maximum absolute atomic E-state index is 12.6. The predicted molar refractivity (Wildman–Crippen MR) is 139 cm³/mol. The molecule has 0 bridgehead atoms. The Morgan fingerprint density at radius 3 is 2.36 bits per heavy atom. The fraction of sp³-hybridized carbons (Fsp3) is 0.385. The van der Waals surface area contributed by atoms with Gasteiger partial charge in [-0.25, -0.2) is 0 Å². The van der Waals surface area contributed by atoms with Crippen LogP contribution < -0.4 is 14.2 Å². The van der Waals surface area contributed by atoms with Gasteiger partial charge in [0.2, 0.25) is 0 Å². The second kappa shape index (κ2) is 11.1. The monoisotopic (exact) mass is 485 g/mol. The van der Waals surface area contributed by atoms with E-state index in [-0.39, 0.29) is 11.3 Å². The van der Waals surface area contributed by atoms with Gasteiger partial charge in [0.25, 0.3) is 5.91 Å². The maximum Gasteiger partial charge on any atom is 0.266 e. The van der Waals surface area contributed by atoms with Crippen LogP contribution in [-0.4, -0.2) is 42.0 Å². The third kappa shape index (κ3) is 6.30. The van der Waals surface area contributed by atoms with E-state index >= 15 is 0 Å². The van der Waals surface area contributed by atoms with Crippen molar-refractivity contribution in [3.05, 3.63) is 58.5 Å². The van der Waals surface area contributed by atoms with Crippen LogP contribution in [0.15, 0.2) is 47.4 Å². The Kier molecular flexibility index (Phi) is 8.43. The molecule has 7 heteroatoms. The van der Waals surface area contributed by atoms with Gasteiger partial charge in [0.05, 0.1) is 25.2 Å². The maximum atomic E-state index is 12.6. The Morgan fingerprint density at radius 2 is 1.76 bits per heavy atom. The number of methoxy groups -OCH3 is 1. The fourth-order valence-electron chi connectivity index (χ4n) is 3.35. The third-order valence-electron chi connectivity index (χ3n) is 5.23. The number of thioether (sulfide) groups is 1. The summed E-state index contributed by atoms with van der Waals surface area (Å²) >= 11 is 6.62. The van der Waals surface area contributed by atoms with Crippen molar-refractivity contribution >= 4 is 40.3 Å². The molecule has 2 aromatic rings. The highest BCUT2D eigenvalue weighted by Crippen LogP contribution is 2.37. The summed E-state index contributed by atoms with van der Waals surface area (Å²) in [6.45, 7) is 10.0. The number of hydrogen-bond donors (Lipinski definition) is 0. The van der Waals surface area contributed by atoms with Crippen molar-refractivity contribution in [2.75, 3.05) is 26.9 Å².